The molecule has 3 heteroatoms. The van der Waals surface area contributed by atoms with E-state index in [9.17, 15) is 0 Å². The van der Waals surface area contributed by atoms with Gasteiger partial charge in [-0.05, 0) is 56.8 Å². The van der Waals surface area contributed by atoms with Crippen molar-refractivity contribution in [3.05, 3.63) is 29.6 Å². The third-order valence-corrected chi connectivity index (χ3v) is 3.62. The lowest BCUT2D eigenvalue weighted by Crippen LogP contribution is -2.36. The summed E-state index contributed by atoms with van der Waals surface area (Å²) in [6.07, 6.45) is 5.65. The minimum Gasteiger partial charge on any atom is -0.395 e. The van der Waals surface area contributed by atoms with E-state index in [-0.39, 0.29) is 6.61 Å². The summed E-state index contributed by atoms with van der Waals surface area (Å²) < 4.78 is 0. The predicted octanol–water partition coefficient (Wildman–Crippen LogP) is 1.64. The fourth-order valence-electron chi connectivity index (χ4n) is 2.51. The second kappa shape index (κ2) is 6.12. The van der Waals surface area contributed by atoms with Gasteiger partial charge >= 0.3 is 0 Å². The van der Waals surface area contributed by atoms with Gasteiger partial charge in [0.1, 0.15) is 0 Å². The summed E-state index contributed by atoms with van der Waals surface area (Å²) >= 11 is 0. The standard InChI is InChI=1S/C14H22N2O/c1-12-2-3-14(11-15-12)10-13-4-6-16(7-5-13)8-9-17/h2-3,11,13,17H,4-10H2,1H3. The van der Waals surface area contributed by atoms with Gasteiger partial charge in [-0.3, -0.25) is 4.98 Å². The number of pyridine rings is 1. The Labute approximate surface area is 103 Å². The van der Waals surface area contributed by atoms with Gasteiger partial charge in [0, 0.05) is 18.4 Å². The maximum Gasteiger partial charge on any atom is 0.0558 e. The Morgan fingerprint density at radius 3 is 2.71 bits per heavy atom. The molecule has 0 amide bonds. The molecular formula is C14H22N2O. The fraction of sp³-hybridized carbons (Fsp3) is 0.643. The van der Waals surface area contributed by atoms with Crippen LogP contribution in [0.25, 0.3) is 0 Å². The number of aryl methyl sites for hydroxylation is 1. The highest BCUT2D eigenvalue weighted by molar-refractivity contribution is 5.13. The average molecular weight is 234 g/mol. The van der Waals surface area contributed by atoms with Gasteiger partial charge in [-0.25, -0.2) is 0 Å². The molecule has 94 valence electrons. The van der Waals surface area contributed by atoms with Crippen molar-refractivity contribution in [2.24, 2.45) is 5.92 Å². The molecule has 17 heavy (non-hydrogen) atoms. The van der Waals surface area contributed by atoms with Gasteiger partial charge in [-0.1, -0.05) is 6.07 Å². The van der Waals surface area contributed by atoms with Gasteiger partial charge in [0.05, 0.1) is 6.61 Å². The zero-order valence-electron chi connectivity index (χ0n) is 10.6. The number of likely N-dealkylation sites (tertiary alicyclic amines) is 1. The van der Waals surface area contributed by atoms with Gasteiger partial charge in [0.25, 0.3) is 0 Å². The number of hydrogen-bond donors (Lipinski definition) is 1. The molecule has 0 aromatic carbocycles. The highest BCUT2D eigenvalue weighted by Crippen LogP contribution is 2.21. The maximum absolute atomic E-state index is 8.90. The molecule has 0 unspecified atom stereocenters. The molecule has 0 radical (unpaired) electrons. The normalized spacial score (nSPS) is 18.5. The van der Waals surface area contributed by atoms with E-state index < -0.39 is 0 Å². The van der Waals surface area contributed by atoms with Crippen molar-refractivity contribution in [1.29, 1.82) is 0 Å². The maximum atomic E-state index is 8.90. The Hall–Kier alpha value is -0.930. The zero-order chi connectivity index (χ0) is 12.1. The molecule has 0 aliphatic carbocycles. The predicted molar refractivity (Wildman–Crippen MR) is 68.9 cm³/mol. The van der Waals surface area contributed by atoms with E-state index >= 15 is 0 Å². The highest BCUT2D eigenvalue weighted by Gasteiger charge is 2.18. The lowest BCUT2D eigenvalue weighted by Gasteiger charge is -2.31. The van der Waals surface area contributed by atoms with E-state index in [1.54, 1.807) is 0 Å². The van der Waals surface area contributed by atoms with Crippen LogP contribution in [0.15, 0.2) is 18.3 Å². The summed E-state index contributed by atoms with van der Waals surface area (Å²) in [5, 5.41) is 8.90. The quantitative estimate of drug-likeness (QED) is 0.860. The van der Waals surface area contributed by atoms with E-state index in [2.05, 4.69) is 22.0 Å². The summed E-state index contributed by atoms with van der Waals surface area (Å²) in [6.45, 7) is 5.40. The smallest absolute Gasteiger partial charge is 0.0558 e. The Morgan fingerprint density at radius 1 is 1.35 bits per heavy atom. The average Bonchev–Trinajstić information content (AvgIpc) is 2.35. The number of aliphatic hydroxyl groups excluding tert-OH is 1. The first kappa shape index (κ1) is 12.5. The molecule has 2 rings (SSSR count). The summed E-state index contributed by atoms with van der Waals surface area (Å²) in [6, 6.07) is 4.29. The lowest BCUT2D eigenvalue weighted by molar-refractivity contribution is 0.147. The monoisotopic (exact) mass is 234 g/mol. The molecule has 0 bridgehead atoms. The molecule has 1 aromatic rings. The van der Waals surface area contributed by atoms with Crippen LogP contribution in [-0.4, -0.2) is 41.2 Å². The molecule has 0 saturated carbocycles. The Bertz CT molecular complexity index is 329. The van der Waals surface area contributed by atoms with Gasteiger partial charge in [-0.15, -0.1) is 0 Å². The third kappa shape index (κ3) is 3.79. The van der Waals surface area contributed by atoms with Crippen molar-refractivity contribution >= 4 is 0 Å². The van der Waals surface area contributed by atoms with Gasteiger partial charge < -0.3 is 10.0 Å². The van der Waals surface area contributed by atoms with Gasteiger partial charge in [0.2, 0.25) is 0 Å². The number of β-amino-alcohol motifs (C(OH)–C–C–N with tert-alkyl or cyclic N) is 1. The van der Waals surface area contributed by atoms with Crippen LogP contribution in [0, 0.1) is 12.8 Å². The first-order chi connectivity index (χ1) is 8.28. The highest BCUT2D eigenvalue weighted by atomic mass is 16.3. The Balaban J connectivity index is 1.79. The lowest BCUT2D eigenvalue weighted by atomic mass is 9.91. The van der Waals surface area contributed by atoms with Crippen molar-refractivity contribution < 1.29 is 5.11 Å². The van der Waals surface area contributed by atoms with Crippen LogP contribution in [0.4, 0.5) is 0 Å². The van der Waals surface area contributed by atoms with E-state index in [0.29, 0.717) is 0 Å². The van der Waals surface area contributed by atoms with Gasteiger partial charge in [0.15, 0.2) is 0 Å². The molecule has 1 N–H and O–H groups in total. The van der Waals surface area contributed by atoms with Crippen molar-refractivity contribution in [3.63, 3.8) is 0 Å². The Morgan fingerprint density at radius 2 is 2.12 bits per heavy atom. The number of piperidine rings is 1. The van der Waals surface area contributed by atoms with Crippen LogP contribution >= 0.6 is 0 Å². The topological polar surface area (TPSA) is 36.4 Å². The van der Waals surface area contributed by atoms with Crippen LogP contribution in [0.2, 0.25) is 0 Å². The molecule has 0 atom stereocenters. The first-order valence-electron chi connectivity index (χ1n) is 6.52. The number of rotatable bonds is 4. The van der Waals surface area contributed by atoms with Crippen molar-refractivity contribution in [1.82, 2.24) is 9.88 Å². The SMILES string of the molecule is Cc1ccc(CC2CCN(CCO)CC2)cn1. The second-order valence-corrected chi connectivity index (χ2v) is 5.02. The molecule has 1 aromatic heterocycles. The molecule has 1 fully saturated rings. The molecule has 2 heterocycles. The van der Waals surface area contributed by atoms with E-state index in [1.165, 1.54) is 18.4 Å². The van der Waals surface area contributed by atoms with Crippen molar-refractivity contribution in [2.75, 3.05) is 26.2 Å². The Kier molecular flexibility index (Phi) is 4.51. The molecule has 3 nitrogen and oxygen atoms in total. The van der Waals surface area contributed by atoms with Crippen LogP contribution in [0.3, 0.4) is 0 Å². The second-order valence-electron chi connectivity index (χ2n) is 5.02. The molecule has 0 spiro atoms. The number of hydrogen-bond acceptors (Lipinski definition) is 3. The number of aromatic nitrogens is 1. The molecule has 1 saturated heterocycles. The summed E-state index contributed by atoms with van der Waals surface area (Å²) in [5.74, 6) is 0.787. The minimum absolute atomic E-state index is 0.284. The van der Waals surface area contributed by atoms with Crippen LogP contribution < -0.4 is 0 Å². The van der Waals surface area contributed by atoms with E-state index in [1.807, 2.05) is 13.1 Å². The van der Waals surface area contributed by atoms with E-state index in [4.69, 9.17) is 5.11 Å². The summed E-state index contributed by atoms with van der Waals surface area (Å²) in [4.78, 5) is 6.70. The summed E-state index contributed by atoms with van der Waals surface area (Å²) in [5.41, 5.74) is 2.45. The van der Waals surface area contributed by atoms with Crippen LogP contribution in [0.5, 0.6) is 0 Å². The molecule has 1 aliphatic heterocycles. The molecule has 1 aliphatic rings. The zero-order valence-corrected chi connectivity index (χ0v) is 10.6. The van der Waals surface area contributed by atoms with Crippen molar-refractivity contribution in [3.8, 4) is 0 Å². The number of aliphatic hydroxyl groups is 1. The van der Waals surface area contributed by atoms with Crippen LogP contribution in [-0.2, 0) is 6.42 Å². The number of nitrogens with zero attached hydrogens (tertiary/aromatic N) is 2. The van der Waals surface area contributed by atoms with E-state index in [0.717, 1.165) is 37.7 Å². The third-order valence-electron chi connectivity index (χ3n) is 3.62. The largest absolute Gasteiger partial charge is 0.395 e. The summed E-state index contributed by atoms with van der Waals surface area (Å²) in [7, 11) is 0. The van der Waals surface area contributed by atoms with Crippen LogP contribution in [0.1, 0.15) is 24.1 Å². The van der Waals surface area contributed by atoms with Gasteiger partial charge in [-0.2, -0.15) is 0 Å². The molecular weight excluding hydrogens is 212 g/mol. The van der Waals surface area contributed by atoms with Crippen molar-refractivity contribution in [2.45, 2.75) is 26.2 Å². The fourth-order valence-corrected chi connectivity index (χ4v) is 2.51. The minimum atomic E-state index is 0.284. The first-order valence-corrected chi connectivity index (χ1v) is 6.52.